The van der Waals surface area contributed by atoms with Crippen LogP contribution in [0.25, 0.3) is 0 Å². The number of benzene rings is 1. The average Bonchev–Trinajstić information content (AvgIpc) is 2.17. The molecule has 0 unspecified atom stereocenters. The second-order valence-corrected chi connectivity index (χ2v) is 3.47. The third kappa shape index (κ3) is 1.25. The first kappa shape index (κ1) is 7.81. The van der Waals surface area contributed by atoms with Crippen molar-refractivity contribution < 1.29 is 5.11 Å². The summed E-state index contributed by atoms with van der Waals surface area (Å²) in [6, 6.07) is 8.47. The molecule has 0 saturated heterocycles. The van der Waals surface area contributed by atoms with Crippen molar-refractivity contribution >= 4 is 0 Å². The zero-order valence-corrected chi connectivity index (χ0v) is 7.16. The molecule has 0 heterocycles. The standard InChI is InChI=1S/C11H14O/c12-8-10-6-3-5-9-4-1-2-7-11(9)10/h1-2,4,7,10,12H,3,5-6,8H2/t10-/m1/s1. The van der Waals surface area contributed by atoms with Gasteiger partial charge in [-0.1, -0.05) is 24.3 Å². The van der Waals surface area contributed by atoms with Gasteiger partial charge in [0.2, 0.25) is 0 Å². The zero-order chi connectivity index (χ0) is 8.39. The summed E-state index contributed by atoms with van der Waals surface area (Å²) in [6.45, 7) is 0.303. The molecular weight excluding hydrogens is 148 g/mol. The van der Waals surface area contributed by atoms with Crippen molar-refractivity contribution in [2.75, 3.05) is 6.61 Å². The molecule has 1 nitrogen and oxygen atoms in total. The van der Waals surface area contributed by atoms with Crippen LogP contribution in [0.2, 0.25) is 0 Å². The number of fused-ring (bicyclic) bond motifs is 1. The molecule has 1 aromatic carbocycles. The van der Waals surface area contributed by atoms with Gasteiger partial charge in [-0.2, -0.15) is 0 Å². The van der Waals surface area contributed by atoms with Crippen LogP contribution in [-0.4, -0.2) is 11.7 Å². The maximum absolute atomic E-state index is 9.14. The van der Waals surface area contributed by atoms with Crippen LogP contribution < -0.4 is 0 Å². The maximum Gasteiger partial charge on any atom is 0.0499 e. The molecule has 2 rings (SSSR count). The van der Waals surface area contributed by atoms with E-state index in [4.69, 9.17) is 5.11 Å². The minimum Gasteiger partial charge on any atom is -0.396 e. The molecule has 1 aliphatic rings. The van der Waals surface area contributed by atoms with Gasteiger partial charge >= 0.3 is 0 Å². The summed E-state index contributed by atoms with van der Waals surface area (Å²) in [4.78, 5) is 0. The Kier molecular flexibility index (Phi) is 2.13. The van der Waals surface area contributed by atoms with E-state index in [1.165, 1.54) is 24.0 Å². The first-order valence-corrected chi connectivity index (χ1v) is 4.60. The summed E-state index contributed by atoms with van der Waals surface area (Å²) < 4.78 is 0. The molecule has 1 heteroatoms. The Morgan fingerprint density at radius 2 is 2.17 bits per heavy atom. The van der Waals surface area contributed by atoms with Gasteiger partial charge in [-0.15, -0.1) is 0 Å². The van der Waals surface area contributed by atoms with Crippen molar-refractivity contribution in [1.82, 2.24) is 0 Å². The number of aryl methyl sites for hydroxylation is 1. The van der Waals surface area contributed by atoms with Crippen molar-refractivity contribution in [3.05, 3.63) is 35.4 Å². The molecule has 1 N–H and O–H groups in total. The molecule has 0 amide bonds. The maximum atomic E-state index is 9.14. The van der Waals surface area contributed by atoms with Gasteiger partial charge in [-0.3, -0.25) is 0 Å². The number of hydrogen-bond acceptors (Lipinski definition) is 1. The Labute approximate surface area is 73.0 Å². The second-order valence-electron chi connectivity index (χ2n) is 3.47. The predicted octanol–water partition coefficient (Wildman–Crippen LogP) is 2.10. The lowest BCUT2D eigenvalue weighted by Crippen LogP contribution is -2.12. The van der Waals surface area contributed by atoms with Crippen LogP contribution in [0.3, 0.4) is 0 Å². The van der Waals surface area contributed by atoms with Gasteiger partial charge in [-0.25, -0.2) is 0 Å². The van der Waals surface area contributed by atoms with Gasteiger partial charge < -0.3 is 5.11 Å². The molecule has 0 saturated carbocycles. The highest BCUT2D eigenvalue weighted by molar-refractivity contribution is 5.32. The van der Waals surface area contributed by atoms with Gasteiger partial charge in [0.25, 0.3) is 0 Å². The molecule has 1 aliphatic carbocycles. The van der Waals surface area contributed by atoms with E-state index in [0.29, 0.717) is 12.5 Å². The van der Waals surface area contributed by atoms with Gasteiger partial charge in [-0.05, 0) is 30.4 Å². The molecule has 0 radical (unpaired) electrons. The van der Waals surface area contributed by atoms with Crippen LogP contribution in [0.5, 0.6) is 0 Å². The Bertz CT molecular complexity index is 267. The van der Waals surface area contributed by atoms with Crippen LogP contribution in [0.4, 0.5) is 0 Å². The largest absolute Gasteiger partial charge is 0.396 e. The van der Waals surface area contributed by atoms with Crippen molar-refractivity contribution in [3.63, 3.8) is 0 Å². The summed E-state index contributed by atoms with van der Waals surface area (Å²) in [5.74, 6) is 0.398. The fourth-order valence-electron chi connectivity index (χ4n) is 2.04. The molecule has 12 heavy (non-hydrogen) atoms. The van der Waals surface area contributed by atoms with Gasteiger partial charge in [0.1, 0.15) is 0 Å². The molecule has 0 aromatic heterocycles. The normalized spacial score (nSPS) is 21.9. The van der Waals surface area contributed by atoms with Crippen molar-refractivity contribution in [2.45, 2.75) is 25.2 Å². The topological polar surface area (TPSA) is 20.2 Å². The van der Waals surface area contributed by atoms with Gasteiger partial charge in [0, 0.05) is 12.5 Å². The van der Waals surface area contributed by atoms with E-state index >= 15 is 0 Å². The van der Waals surface area contributed by atoms with Gasteiger partial charge in [0.05, 0.1) is 0 Å². The molecule has 64 valence electrons. The molecule has 0 bridgehead atoms. The smallest absolute Gasteiger partial charge is 0.0499 e. The third-order valence-electron chi connectivity index (χ3n) is 2.71. The first-order valence-electron chi connectivity index (χ1n) is 4.60. The molecule has 0 spiro atoms. The SMILES string of the molecule is OC[C@H]1CCCc2ccccc21. The highest BCUT2D eigenvalue weighted by Gasteiger charge is 2.17. The van der Waals surface area contributed by atoms with E-state index in [1.54, 1.807) is 0 Å². The fraction of sp³-hybridized carbons (Fsp3) is 0.455. The fourth-order valence-corrected chi connectivity index (χ4v) is 2.04. The van der Waals surface area contributed by atoms with E-state index in [2.05, 4.69) is 24.3 Å². The van der Waals surface area contributed by atoms with E-state index < -0.39 is 0 Å². The summed E-state index contributed by atoms with van der Waals surface area (Å²) in [5, 5.41) is 9.14. The molecule has 1 aromatic rings. The van der Waals surface area contributed by atoms with E-state index in [0.717, 1.165) is 6.42 Å². The van der Waals surface area contributed by atoms with Gasteiger partial charge in [0.15, 0.2) is 0 Å². The highest BCUT2D eigenvalue weighted by Crippen LogP contribution is 2.30. The van der Waals surface area contributed by atoms with Crippen LogP contribution in [0.15, 0.2) is 24.3 Å². The van der Waals surface area contributed by atoms with Crippen molar-refractivity contribution in [2.24, 2.45) is 0 Å². The first-order chi connectivity index (χ1) is 5.92. The number of aliphatic hydroxyl groups is 1. The number of aliphatic hydroxyl groups excluding tert-OH is 1. The van der Waals surface area contributed by atoms with E-state index in [-0.39, 0.29) is 0 Å². The average molecular weight is 162 g/mol. The predicted molar refractivity (Wildman–Crippen MR) is 49.2 cm³/mol. The zero-order valence-electron chi connectivity index (χ0n) is 7.16. The second kappa shape index (κ2) is 3.28. The lowest BCUT2D eigenvalue weighted by molar-refractivity contribution is 0.253. The Hall–Kier alpha value is -0.820. The molecule has 0 fully saturated rings. The summed E-state index contributed by atoms with van der Waals surface area (Å²) in [7, 11) is 0. The summed E-state index contributed by atoms with van der Waals surface area (Å²) in [6.07, 6.45) is 3.56. The Balaban J connectivity index is 2.37. The lowest BCUT2D eigenvalue weighted by Gasteiger charge is -2.23. The minimum atomic E-state index is 0.303. The molecule has 1 atom stereocenters. The van der Waals surface area contributed by atoms with Crippen molar-refractivity contribution in [3.8, 4) is 0 Å². The Morgan fingerprint density at radius 3 is 3.00 bits per heavy atom. The monoisotopic (exact) mass is 162 g/mol. The summed E-state index contributed by atoms with van der Waals surface area (Å²) >= 11 is 0. The quantitative estimate of drug-likeness (QED) is 0.670. The summed E-state index contributed by atoms with van der Waals surface area (Å²) in [5.41, 5.74) is 2.80. The molecule has 0 aliphatic heterocycles. The highest BCUT2D eigenvalue weighted by atomic mass is 16.3. The van der Waals surface area contributed by atoms with Crippen LogP contribution in [0, 0.1) is 0 Å². The van der Waals surface area contributed by atoms with Crippen LogP contribution in [-0.2, 0) is 6.42 Å². The van der Waals surface area contributed by atoms with E-state index in [9.17, 15) is 0 Å². The number of rotatable bonds is 1. The molecular formula is C11H14O. The van der Waals surface area contributed by atoms with Crippen molar-refractivity contribution in [1.29, 1.82) is 0 Å². The lowest BCUT2D eigenvalue weighted by atomic mass is 9.83. The van der Waals surface area contributed by atoms with Crippen LogP contribution in [0.1, 0.15) is 29.9 Å². The Morgan fingerprint density at radius 1 is 1.33 bits per heavy atom. The van der Waals surface area contributed by atoms with E-state index in [1.807, 2.05) is 0 Å². The van der Waals surface area contributed by atoms with Crippen LogP contribution >= 0.6 is 0 Å². The third-order valence-corrected chi connectivity index (χ3v) is 2.71. The minimum absolute atomic E-state index is 0.303. The number of hydrogen-bond donors (Lipinski definition) is 1.